The molecule has 2 aromatic rings. The molecule has 0 radical (unpaired) electrons. The molecule has 0 amide bonds. The van der Waals surface area contributed by atoms with Crippen LogP contribution in [0.3, 0.4) is 0 Å². The molecule has 7 heteroatoms. The summed E-state index contributed by atoms with van der Waals surface area (Å²) in [7, 11) is 1.99. The summed E-state index contributed by atoms with van der Waals surface area (Å²) in [6.45, 7) is 15.4. The normalized spacial score (nSPS) is 19.5. The van der Waals surface area contributed by atoms with Crippen molar-refractivity contribution in [2.75, 3.05) is 41.8 Å². The van der Waals surface area contributed by atoms with Gasteiger partial charge in [-0.2, -0.15) is 0 Å². The number of aryl methyl sites for hydroxylation is 2. The van der Waals surface area contributed by atoms with Gasteiger partial charge in [-0.1, -0.05) is 25.8 Å². The maximum Gasteiger partial charge on any atom is 0.159 e. The topological polar surface area (TPSA) is 69.2 Å². The van der Waals surface area contributed by atoms with E-state index in [1.54, 1.807) is 0 Å². The Balaban J connectivity index is 1.06. The lowest BCUT2D eigenvalue weighted by Crippen LogP contribution is -2.36. The molecule has 1 atom stereocenters. The lowest BCUT2D eigenvalue weighted by atomic mass is 9.94. The van der Waals surface area contributed by atoms with Gasteiger partial charge in [0.2, 0.25) is 0 Å². The van der Waals surface area contributed by atoms with Crippen LogP contribution in [0, 0.1) is 5.92 Å². The molecule has 0 aromatic carbocycles. The van der Waals surface area contributed by atoms with E-state index in [9.17, 15) is 0 Å². The Morgan fingerprint density at radius 1 is 1.14 bits per heavy atom. The van der Waals surface area contributed by atoms with E-state index in [-0.39, 0.29) is 0 Å². The number of hydrogen-bond acceptors (Lipinski definition) is 7. The Morgan fingerprint density at radius 2 is 2.03 bits per heavy atom. The van der Waals surface area contributed by atoms with Crippen LogP contribution in [0.25, 0.3) is 6.08 Å². The molecule has 182 valence electrons. The first-order valence-electron chi connectivity index (χ1n) is 12.6. The highest BCUT2D eigenvalue weighted by Gasteiger charge is 2.24. The van der Waals surface area contributed by atoms with E-state index in [2.05, 4.69) is 52.4 Å². The maximum atomic E-state index is 4.87. The van der Waals surface area contributed by atoms with E-state index in [0.717, 1.165) is 104 Å². The van der Waals surface area contributed by atoms with Gasteiger partial charge >= 0.3 is 0 Å². The van der Waals surface area contributed by atoms with Crippen molar-refractivity contribution in [3.8, 4) is 0 Å². The van der Waals surface area contributed by atoms with Crippen LogP contribution in [-0.4, -0.2) is 41.6 Å². The largest absolute Gasteiger partial charge is 0.344 e. The van der Waals surface area contributed by atoms with Crippen LogP contribution in [0.5, 0.6) is 0 Å². The van der Waals surface area contributed by atoms with Gasteiger partial charge in [0.15, 0.2) is 5.82 Å². The fraction of sp³-hybridized carbons (Fsp3) is 0.393. The smallest absolute Gasteiger partial charge is 0.159 e. The van der Waals surface area contributed by atoms with Crippen molar-refractivity contribution in [2.24, 2.45) is 5.92 Å². The zero-order chi connectivity index (χ0) is 24.4. The highest BCUT2D eigenvalue weighted by molar-refractivity contribution is 5.70. The molecule has 0 saturated carbocycles. The Labute approximate surface area is 208 Å². The van der Waals surface area contributed by atoms with Crippen molar-refractivity contribution in [3.63, 3.8) is 0 Å². The van der Waals surface area contributed by atoms with Crippen LogP contribution in [0.1, 0.15) is 42.6 Å². The molecule has 3 aliphatic heterocycles. The van der Waals surface area contributed by atoms with Gasteiger partial charge in [0.1, 0.15) is 17.3 Å². The van der Waals surface area contributed by atoms with Crippen molar-refractivity contribution in [2.45, 2.75) is 38.5 Å². The number of allylic oxidation sites excluding steroid dienone is 3. The first-order valence-corrected chi connectivity index (χ1v) is 12.6. The number of hydrogen-bond donors (Lipinski definition) is 2. The van der Waals surface area contributed by atoms with Crippen molar-refractivity contribution in [3.05, 3.63) is 78.2 Å². The molecular formula is C28H35N7. The first kappa shape index (κ1) is 23.3. The second-order valence-electron chi connectivity index (χ2n) is 9.74. The third kappa shape index (κ3) is 5.15. The second-order valence-corrected chi connectivity index (χ2v) is 9.74. The van der Waals surface area contributed by atoms with Gasteiger partial charge in [-0.3, -0.25) is 4.98 Å². The number of anilines is 3. The van der Waals surface area contributed by atoms with E-state index in [4.69, 9.17) is 9.97 Å². The van der Waals surface area contributed by atoms with Gasteiger partial charge < -0.3 is 20.4 Å². The third-order valence-electron chi connectivity index (χ3n) is 7.13. The summed E-state index contributed by atoms with van der Waals surface area (Å²) in [5, 5.41) is 6.99. The molecule has 1 fully saturated rings. The predicted octanol–water partition coefficient (Wildman–Crippen LogP) is 4.67. The number of likely N-dealkylation sites (N-methyl/N-ethyl adjacent to an activating group) is 1. The monoisotopic (exact) mass is 469 g/mol. The van der Waals surface area contributed by atoms with Gasteiger partial charge in [0.25, 0.3) is 0 Å². The summed E-state index contributed by atoms with van der Waals surface area (Å²) in [4.78, 5) is 18.5. The van der Waals surface area contributed by atoms with Crippen LogP contribution < -0.4 is 20.4 Å². The lowest BCUT2D eigenvalue weighted by Gasteiger charge is -2.35. The maximum absolute atomic E-state index is 4.87. The Kier molecular flexibility index (Phi) is 6.68. The van der Waals surface area contributed by atoms with Crippen LogP contribution in [-0.2, 0) is 12.8 Å². The zero-order valence-corrected chi connectivity index (χ0v) is 20.7. The van der Waals surface area contributed by atoms with Crippen molar-refractivity contribution in [1.29, 1.82) is 0 Å². The molecular weight excluding hydrogens is 434 g/mol. The van der Waals surface area contributed by atoms with Crippen molar-refractivity contribution in [1.82, 2.24) is 20.3 Å². The van der Waals surface area contributed by atoms with Crippen LogP contribution >= 0.6 is 0 Å². The summed E-state index contributed by atoms with van der Waals surface area (Å²) >= 11 is 0. The number of nitrogens with zero attached hydrogens (tertiary/aromatic N) is 5. The standard InChI is InChI=1S/C28H35N7/c1-19-7-9-23-10-12-26(33-27(23)31-19)35-15-13-22(16-21(35)3)17-29-14-5-6-24-18-30-25-11-8-20(2)34(4)28(25)32-24/h8,10-12,18,22,29H,1-3,5-7,9,13-17H2,4H3,(H,31,33)/t22-/m0/s1. The highest BCUT2D eigenvalue weighted by atomic mass is 15.2. The number of pyridine rings is 1. The molecule has 5 rings (SSSR count). The molecule has 35 heavy (non-hydrogen) atoms. The number of rotatable bonds is 7. The summed E-state index contributed by atoms with van der Waals surface area (Å²) in [6, 6.07) is 4.32. The molecule has 1 saturated heterocycles. The summed E-state index contributed by atoms with van der Waals surface area (Å²) in [5.74, 6) is 3.43. The van der Waals surface area contributed by atoms with E-state index in [1.165, 1.54) is 5.56 Å². The molecule has 3 aliphatic rings. The minimum absolute atomic E-state index is 0.601. The SMILES string of the molecule is C=C1CCc2ccc(N3CC[C@H](CNCCCc4cnc5c(n4)N(C)C(=C)C=C5)CC3=C)nc2N1. The van der Waals surface area contributed by atoms with Crippen LogP contribution in [0.4, 0.5) is 17.5 Å². The second kappa shape index (κ2) is 10.0. The first-order chi connectivity index (χ1) is 17.0. The van der Waals surface area contributed by atoms with Crippen LogP contribution in [0.15, 0.2) is 61.2 Å². The summed E-state index contributed by atoms with van der Waals surface area (Å²) in [6.07, 6.45) is 11.9. The van der Waals surface area contributed by atoms with E-state index in [0.29, 0.717) is 5.92 Å². The fourth-order valence-corrected chi connectivity index (χ4v) is 4.95. The molecule has 2 N–H and O–H groups in total. The molecule has 2 aromatic heterocycles. The number of nitrogens with one attached hydrogen (secondary N) is 2. The Morgan fingerprint density at radius 3 is 2.89 bits per heavy atom. The zero-order valence-electron chi connectivity index (χ0n) is 20.7. The summed E-state index contributed by atoms with van der Waals surface area (Å²) in [5.41, 5.74) is 6.32. The highest BCUT2D eigenvalue weighted by Crippen LogP contribution is 2.32. The van der Waals surface area contributed by atoms with Gasteiger partial charge in [-0.05, 0) is 81.3 Å². The van der Waals surface area contributed by atoms with Crippen molar-refractivity contribution >= 4 is 23.5 Å². The van der Waals surface area contributed by atoms with E-state index < -0.39 is 0 Å². The average Bonchev–Trinajstić information content (AvgIpc) is 2.86. The Bertz CT molecular complexity index is 1180. The molecule has 7 nitrogen and oxygen atoms in total. The fourth-order valence-electron chi connectivity index (χ4n) is 4.95. The predicted molar refractivity (Wildman–Crippen MR) is 144 cm³/mol. The molecule has 0 spiro atoms. The molecule has 0 unspecified atom stereocenters. The number of fused-ring (bicyclic) bond motifs is 2. The number of piperidine rings is 1. The average molecular weight is 470 g/mol. The van der Waals surface area contributed by atoms with Gasteiger partial charge in [-0.25, -0.2) is 9.97 Å². The van der Waals surface area contributed by atoms with E-state index >= 15 is 0 Å². The van der Waals surface area contributed by atoms with Crippen molar-refractivity contribution < 1.29 is 0 Å². The molecule has 0 aliphatic carbocycles. The quantitative estimate of drug-likeness (QED) is 0.571. The minimum Gasteiger partial charge on any atom is -0.344 e. The minimum atomic E-state index is 0.601. The van der Waals surface area contributed by atoms with E-state index in [1.807, 2.05) is 30.3 Å². The van der Waals surface area contributed by atoms with Gasteiger partial charge in [-0.15, -0.1) is 0 Å². The van der Waals surface area contributed by atoms with Crippen LogP contribution in [0.2, 0.25) is 0 Å². The lowest BCUT2D eigenvalue weighted by molar-refractivity contribution is 0.411. The number of aromatic nitrogens is 3. The molecule has 0 bridgehead atoms. The third-order valence-corrected chi connectivity index (χ3v) is 7.13. The Hall–Kier alpha value is -3.45. The van der Waals surface area contributed by atoms with Gasteiger partial charge in [0.05, 0.1) is 5.69 Å². The summed E-state index contributed by atoms with van der Waals surface area (Å²) < 4.78 is 0. The molecule has 5 heterocycles. The van der Waals surface area contributed by atoms with Gasteiger partial charge in [0, 0.05) is 36.9 Å².